The summed E-state index contributed by atoms with van der Waals surface area (Å²) in [5.41, 5.74) is 0. The third-order valence-electron chi connectivity index (χ3n) is 6.23. The van der Waals surface area contributed by atoms with Gasteiger partial charge in [0.25, 0.3) is 0 Å². The molecule has 0 aromatic heterocycles. The highest BCUT2D eigenvalue weighted by Crippen LogP contribution is 2.28. The van der Waals surface area contributed by atoms with Crippen LogP contribution in [0.3, 0.4) is 0 Å². The average Bonchev–Trinajstić information content (AvgIpc) is 2.62. The molecule has 0 spiro atoms. The van der Waals surface area contributed by atoms with Crippen LogP contribution >= 0.6 is 0 Å². The third kappa shape index (κ3) is 5.93. The second kappa shape index (κ2) is 9.67. The van der Waals surface area contributed by atoms with Gasteiger partial charge in [0.1, 0.15) is 0 Å². The fourth-order valence-electron chi connectivity index (χ4n) is 4.75. The summed E-state index contributed by atoms with van der Waals surface area (Å²) in [6.07, 6.45) is 5.30. The molecule has 2 atom stereocenters. The Bertz CT molecular complexity index is 481. The maximum absolute atomic E-state index is 12.0. The minimum Gasteiger partial charge on any atom is -0.481 e. The zero-order valence-electron chi connectivity index (χ0n) is 15.8. The Labute approximate surface area is 156 Å². The zero-order chi connectivity index (χ0) is 18.4. The van der Waals surface area contributed by atoms with E-state index in [1.165, 1.54) is 25.9 Å². The molecule has 0 aromatic rings. The van der Waals surface area contributed by atoms with Crippen molar-refractivity contribution < 1.29 is 14.7 Å². The van der Waals surface area contributed by atoms with Gasteiger partial charge in [-0.25, -0.2) is 0 Å². The maximum atomic E-state index is 12.0. The summed E-state index contributed by atoms with van der Waals surface area (Å²) in [7, 11) is 0. The molecular formula is C19H34N4O3. The molecule has 3 saturated heterocycles. The SMILES string of the molecule is O=C(O)CCNC(=O)CC1CCN2CCN(CC3CCNCC3)C[C@H]2C1. The fraction of sp³-hybridized carbons (Fsp3) is 0.895. The van der Waals surface area contributed by atoms with Gasteiger partial charge in [-0.3, -0.25) is 14.5 Å². The molecule has 1 amide bonds. The maximum Gasteiger partial charge on any atom is 0.305 e. The van der Waals surface area contributed by atoms with Crippen molar-refractivity contribution in [1.29, 1.82) is 0 Å². The molecule has 3 rings (SSSR count). The first-order chi connectivity index (χ1) is 12.6. The Morgan fingerprint density at radius 2 is 1.88 bits per heavy atom. The lowest BCUT2D eigenvalue weighted by Crippen LogP contribution is -2.57. The van der Waals surface area contributed by atoms with E-state index in [9.17, 15) is 9.59 Å². The number of nitrogens with one attached hydrogen (secondary N) is 2. The van der Waals surface area contributed by atoms with E-state index in [2.05, 4.69) is 20.4 Å². The number of nitrogens with zero attached hydrogens (tertiary/aromatic N) is 2. The van der Waals surface area contributed by atoms with Crippen LogP contribution in [0.4, 0.5) is 0 Å². The van der Waals surface area contributed by atoms with Crippen molar-refractivity contribution >= 4 is 11.9 Å². The van der Waals surface area contributed by atoms with E-state index in [4.69, 9.17) is 5.11 Å². The van der Waals surface area contributed by atoms with Crippen LogP contribution in [0.25, 0.3) is 0 Å². The van der Waals surface area contributed by atoms with Crippen LogP contribution < -0.4 is 10.6 Å². The van der Waals surface area contributed by atoms with Gasteiger partial charge in [-0.15, -0.1) is 0 Å². The summed E-state index contributed by atoms with van der Waals surface area (Å²) < 4.78 is 0. The normalized spacial score (nSPS) is 28.5. The molecule has 3 N–H and O–H groups in total. The summed E-state index contributed by atoms with van der Waals surface area (Å²) >= 11 is 0. The average molecular weight is 367 g/mol. The van der Waals surface area contributed by atoms with Crippen molar-refractivity contribution in [2.45, 2.75) is 44.6 Å². The molecule has 3 fully saturated rings. The molecule has 3 aliphatic heterocycles. The molecule has 0 radical (unpaired) electrons. The van der Waals surface area contributed by atoms with E-state index in [-0.39, 0.29) is 18.9 Å². The number of carboxylic acid groups (broad SMARTS) is 1. The number of hydrogen-bond acceptors (Lipinski definition) is 5. The molecule has 7 nitrogen and oxygen atoms in total. The summed E-state index contributed by atoms with van der Waals surface area (Å²) in [5, 5.41) is 14.8. The Kier molecular flexibility index (Phi) is 7.28. The predicted octanol–water partition coefficient (Wildman–Crippen LogP) is 0.363. The minimum atomic E-state index is -0.866. The highest BCUT2D eigenvalue weighted by molar-refractivity contribution is 5.77. The highest BCUT2D eigenvalue weighted by atomic mass is 16.4. The van der Waals surface area contributed by atoms with Gasteiger partial charge < -0.3 is 20.6 Å². The van der Waals surface area contributed by atoms with Crippen LogP contribution in [0, 0.1) is 11.8 Å². The third-order valence-corrected chi connectivity index (χ3v) is 6.23. The first kappa shape index (κ1) is 19.6. The van der Waals surface area contributed by atoms with Crippen molar-refractivity contribution in [2.24, 2.45) is 11.8 Å². The van der Waals surface area contributed by atoms with E-state index in [0.29, 0.717) is 18.4 Å². The molecule has 7 heteroatoms. The predicted molar refractivity (Wildman–Crippen MR) is 100.0 cm³/mol. The number of rotatable bonds is 7. The monoisotopic (exact) mass is 366 g/mol. The summed E-state index contributed by atoms with van der Waals surface area (Å²) in [4.78, 5) is 27.8. The van der Waals surface area contributed by atoms with E-state index in [0.717, 1.165) is 51.5 Å². The first-order valence-electron chi connectivity index (χ1n) is 10.3. The first-order valence-corrected chi connectivity index (χ1v) is 10.3. The topological polar surface area (TPSA) is 84.9 Å². The van der Waals surface area contributed by atoms with Gasteiger partial charge in [-0.05, 0) is 57.2 Å². The van der Waals surface area contributed by atoms with Crippen LogP contribution in [-0.2, 0) is 9.59 Å². The van der Waals surface area contributed by atoms with E-state index in [1.807, 2.05) is 0 Å². The van der Waals surface area contributed by atoms with Gasteiger partial charge in [0.05, 0.1) is 6.42 Å². The summed E-state index contributed by atoms with van der Waals surface area (Å²) in [6.45, 7) is 8.36. The molecular weight excluding hydrogens is 332 g/mol. The molecule has 0 aromatic carbocycles. The largest absolute Gasteiger partial charge is 0.481 e. The number of fused-ring (bicyclic) bond motifs is 1. The minimum absolute atomic E-state index is 0.00153. The van der Waals surface area contributed by atoms with Crippen LogP contribution in [-0.4, -0.2) is 85.2 Å². The van der Waals surface area contributed by atoms with E-state index >= 15 is 0 Å². The Morgan fingerprint density at radius 3 is 2.65 bits per heavy atom. The molecule has 0 saturated carbocycles. The smallest absolute Gasteiger partial charge is 0.305 e. The van der Waals surface area contributed by atoms with Crippen LogP contribution in [0.1, 0.15) is 38.5 Å². The Morgan fingerprint density at radius 1 is 1.08 bits per heavy atom. The van der Waals surface area contributed by atoms with Gasteiger partial charge in [0, 0.05) is 45.2 Å². The Hall–Kier alpha value is -1.18. The quantitative estimate of drug-likeness (QED) is 0.603. The molecule has 3 heterocycles. The number of aliphatic carboxylic acids is 1. The second-order valence-electron chi connectivity index (χ2n) is 8.23. The molecule has 148 valence electrons. The molecule has 0 aliphatic carbocycles. The number of carbonyl (C=O) groups is 2. The molecule has 1 unspecified atom stereocenters. The van der Waals surface area contributed by atoms with Gasteiger partial charge in [0.2, 0.25) is 5.91 Å². The number of piperazine rings is 1. The molecule has 3 aliphatic rings. The van der Waals surface area contributed by atoms with Crippen molar-refractivity contribution in [1.82, 2.24) is 20.4 Å². The Balaban J connectivity index is 1.40. The van der Waals surface area contributed by atoms with Crippen molar-refractivity contribution in [3.8, 4) is 0 Å². The summed E-state index contributed by atoms with van der Waals surface area (Å²) in [6, 6.07) is 0.580. The number of piperidine rings is 2. The summed E-state index contributed by atoms with van der Waals surface area (Å²) in [5.74, 6) is 0.406. The van der Waals surface area contributed by atoms with Gasteiger partial charge in [-0.2, -0.15) is 0 Å². The number of carbonyl (C=O) groups excluding carboxylic acids is 1. The molecule has 26 heavy (non-hydrogen) atoms. The van der Waals surface area contributed by atoms with Gasteiger partial charge >= 0.3 is 5.97 Å². The highest BCUT2D eigenvalue weighted by Gasteiger charge is 2.34. The lowest BCUT2D eigenvalue weighted by Gasteiger charge is -2.47. The lowest BCUT2D eigenvalue weighted by atomic mass is 9.86. The van der Waals surface area contributed by atoms with Crippen molar-refractivity contribution in [3.63, 3.8) is 0 Å². The van der Waals surface area contributed by atoms with Crippen molar-refractivity contribution in [3.05, 3.63) is 0 Å². The van der Waals surface area contributed by atoms with Gasteiger partial charge in [-0.1, -0.05) is 0 Å². The zero-order valence-corrected chi connectivity index (χ0v) is 15.8. The molecule has 0 bridgehead atoms. The standard InChI is InChI=1S/C19H34N4O3/c24-18(21-7-3-19(25)26)12-16-4-8-23-10-9-22(14-17(23)11-16)13-15-1-5-20-6-2-15/h15-17,20H,1-14H2,(H,21,24)(H,25,26)/t16?,17-/m1/s1. The second-order valence-corrected chi connectivity index (χ2v) is 8.23. The van der Waals surface area contributed by atoms with Crippen LogP contribution in [0.5, 0.6) is 0 Å². The van der Waals surface area contributed by atoms with Crippen molar-refractivity contribution in [2.75, 3.05) is 52.4 Å². The number of carboxylic acids is 1. The lowest BCUT2D eigenvalue weighted by molar-refractivity contribution is -0.136. The van der Waals surface area contributed by atoms with E-state index < -0.39 is 5.97 Å². The number of hydrogen-bond donors (Lipinski definition) is 3. The van der Waals surface area contributed by atoms with Gasteiger partial charge in [0.15, 0.2) is 0 Å². The van der Waals surface area contributed by atoms with E-state index in [1.54, 1.807) is 0 Å². The number of amides is 1. The van der Waals surface area contributed by atoms with Crippen LogP contribution in [0.15, 0.2) is 0 Å². The fourth-order valence-corrected chi connectivity index (χ4v) is 4.75. The van der Waals surface area contributed by atoms with Crippen LogP contribution in [0.2, 0.25) is 0 Å².